The van der Waals surface area contributed by atoms with E-state index in [1.807, 2.05) is 30.3 Å². The van der Waals surface area contributed by atoms with Crippen LogP contribution >= 0.6 is 0 Å². The number of rotatable bonds is 5. The quantitative estimate of drug-likeness (QED) is 0.826. The molecule has 0 saturated carbocycles. The number of ether oxygens (including phenoxy) is 1. The zero-order valence-electron chi connectivity index (χ0n) is 10.1. The van der Waals surface area contributed by atoms with E-state index in [1.54, 1.807) is 7.11 Å². The standard InChI is InChI=1S/C13H19NO2/c1-4-13(16-3,10-14-11(2)15)12-8-6-5-7-9-12/h5-9H,4,10H2,1-3H3,(H,14,15). The molecule has 16 heavy (non-hydrogen) atoms. The Labute approximate surface area is 96.8 Å². The topological polar surface area (TPSA) is 38.3 Å². The van der Waals surface area contributed by atoms with Crippen molar-refractivity contribution in [3.05, 3.63) is 35.9 Å². The lowest BCUT2D eigenvalue weighted by Crippen LogP contribution is -2.41. The van der Waals surface area contributed by atoms with Gasteiger partial charge in [0.1, 0.15) is 5.60 Å². The lowest BCUT2D eigenvalue weighted by molar-refractivity contribution is -0.120. The average Bonchev–Trinajstić information content (AvgIpc) is 2.32. The second-order valence-electron chi connectivity index (χ2n) is 3.83. The van der Waals surface area contributed by atoms with E-state index in [1.165, 1.54) is 6.92 Å². The van der Waals surface area contributed by atoms with Crippen LogP contribution in [-0.2, 0) is 15.1 Å². The minimum absolute atomic E-state index is 0.0363. The first-order valence-electron chi connectivity index (χ1n) is 5.49. The summed E-state index contributed by atoms with van der Waals surface area (Å²) in [4.78, 5) is 11.0. The van der Waals surface area contributed by atoms with Gasteiger partial charge < -0.3 is 10.1 Å². The van der Waals surface area contributed by atoms with Gasteiger partial charge in [0.05, 0.1) is 6.54 Å². The molecule has 1 aromatic carbocycles. The van der Waals surface area contributed by atoms with Gasteiger partial charge in [-0.15, -0.1) is 0 Å². The molecule has 1 aromatic rings. The van der Waals surface area contributed by atoms with Gasteiger partial charge in [0.2, 0.25) is 5.91 Å². The highest BCUT2D eigenvalue weighted by atomic mass is 16.5. The molecule has 3 nitrogen and oxygen atoms in total. The van der Waals surface area contributed by atoms with Gasteiger partial charge in [0.15, 0.2) is 0 Å². The third-order valence-corrected chi connectivity index (χ3v) is 2.88. The summed E-state index contributed by atoms with van der Waals surface area (Å²) in [5, 5.41) is 2.82. The highest BCUT2D eigenvalue weighted by Gasteiger charge is 2.29. The van der Waals surface area contributed by atoms with Gasteiger partial charge in [-0.05, 0) is 12.0 Å². The van der Waals surface area contributed by atoms with Crippen molar-refractivity contribution < 1.29 is 9.53 Å². The van der Waals surface area contributed by atoms with Gasteiger partial charge in [-0.2, -0.15) is 0 Å². The van der Waals surface area contributed by atoms with E-state index in [9.17, 15) is 4.79 Å². The van der Waals surface area contributed by atoms with Crippen LogP contribution in [0, 0.1) is 0 Å². The molecule has 0 aliphatic carbocycles. The normalized spacial score (nSPS) is 14.2. The van der Waals surface area contributed by atoms with Crippen LogP contribution in [0.4, 0.5) is 0 Å². The number of benzene rings is 1. The summed E-state index contributed by atoms with van der Waals surface area (Å²) in [6, 6.07) is 9.97. The molecule has 3 heteroatoms. The molecule has 0 saturated heterocycles. The van der Waals surface area contributed by atoms with Crippen molar-refractivity contribution in [1.82, 2.24) is 5.32 Å². The molecule has 0 aliphatic rings. The van der Waals surface area contributed by atoms with Crippen molar-refractivity contribution in [3.63, 3.8) is 0 Å². The number of methoxy groups -OCH3 is 1. The molecule has 1 atom stereocenters. The van der Waals surface area contributed by atoms with E-state index in [0.717, 1.165) is 12.0 Å². The number of hydrogen-bond acceptors (Lipinski definition) is 2. The van der Waals surface area contributed by atoms with Crippen molar-refractivity contribution in [2.75, 3.05) is 13.7 Å². The molecular weight excluding hydrogens is 202 g/mol. The summed E-state index contributed by atoms with van der Waals surface area (Å²) in [5.74, 6) is -0.0363. The molecule has 1 unspecified atom stereocenters. The summed E-state index contributed by atoms with van der Waals surface area (Å²) >= 11 is 0. The fourth-order valence-corrected chi connectivity index (χ4v) is 1.77. The molecule has 88 valence electrons. The Morgan fingerprint density at radius 2 is 2.00 bits per heavy atom. The van der Waals surface area contributed by atoms with Crippen LogP contribution in [0.15, 0.2) is 30.3 Å². The fourth-order valence-electron chi connectivity index (χ4n) is 1.77. The number of amides is 1. The number of carbonyl (C=O) groups excluding carboxylic acids is 1. The average molecular weight is 221 g/mol. The van der Waals surface area contributed by atoms with Crippen LogP contribution in [-0.4, -0.2) is 19.6 Å². The molecule has 0 radical (unpaired) electrons. The Bertz CT molecular complexity index is 331. The minimum Gasteiger partial charge on any atom is -0.372 e. The van der Waals surface area contributed by atoms with Gasteiger partial charge in [-0.1, -0.05) is 37.3 Å². The SMILES string of the molecule is CCC(CNC(C)=O)(OC)c1ccccc1. The fraction of sp³-hybridized carbons (Fsp3) is 0.462. The van der Waals surface area contributed by atoms with E-state index >= 15 is 0 Å². The molecule has 0 spiro atoms. The van der Waals surface area contributed by atoms with Crippen LogP contribution in [0.3, 0.4) is 0 Å². The highest BCUT2D eigenvalue weighted by Crippen LogP contribution is 2.27. The third kappa shape index (κ3) is 2.83. The van der Waals surface area contributed by atoms with Gasteiger partial charge in [-0.3, -0.25) is 4.79 Å². The molecule has 0 bridgehead atoms. The third-order valence-electron chi connectivity index (χ3n) is 2.88. The van der Waals surface area contributed by atoms with Crippen molar-refractivity contribution in [2.24, 2.45) is 0 Å². The Kier molecular flexibility index (Phi) is 4.50. The summed E-state index contributed by atoms with van der Waals surface area (Å²) in [6.07, 6.45) is 0.813. The Morgan fingerprint density at radius 1 is 1.38 bits per heavy atom. The van der Waals surface area contributed by atoms with Gasteiger partial charge >= 0.3 is 0 Å². The minimum atomic E-state index is -0.424. The summed E-state index contributed by atoms with van der Waals surface area (Å²) in [6.45, 7) is 4.07. The van der Waals surface area contributed by atoms with Crippen LogP contribution in [0.2, 0.25) is 0 Å². The maximum atomic E-state index is 11.0. The van der Waals surface area contributed by atoms with Crippen molar-refractivity contribution in [2.45, 2.75) is 25.9 Å². The van der Waals surface area contributed by atoms with Crippen LogP contribution < -0.4 is 5.32 Å². The Hall–Kier alpha value is -1.35. The number of nitrogens with one attached hydrogen (secondary N) is 1. The summed E-state index contributed by atoms with van der Waals surface area (Å²) in [5.41, 5.74) is 0.668. The monoisotopic (exact) mass is 221 g/mol. The number of carbonyl (C=O) groups is 1. The van der Waals surface area contributed by atoms with E-state index in [4.69, 9.17) is 4.74 Å². The Morgan fingerprint density at radius 3 is 2.44 bits per heavy atom. The number of hydrogen-bond donors (Lipinski definition) is 1. The first-order valence-corrected chi connectivity index (χ1v) is 5.49. The van der Waals surface area contributed by atoms with Gasteiger partial charge in [-0.25, -0.2) is 0 Å². The molecule has 0 heterocycles. The zero-order chi connectivity index (χ0) is 12.0. The van der Waals surface area contributed by atoms with Crippen LogP contribution in [0.1, 0.15) is 25.8 Å². The molecule has 1 N–H and O–H groups in total. The second kappa shape index (κ2) is 5.66. The maximum absolute atomic E-state index is 11.0. The largest absolute Gasteiger partial charge is 0.372 e. The smallest absolute Gasteiger partial charge is 0.216 e. The predicted octanol–water partition coefficient (Wildman–Crippen LogP) is 2.07. The summed E-state index contributed by atoms with van der Waals surface area (Å²) in [7, 11) is 1.68. The van der Waals surface area contributed by atoms with E-state index in [0.29, 0.717) is 6.54 Å². The van der Waals surface area contributed by atoms with Crippen molar-refractivity contribution in [1.29, 1.82) is 0 Å². The molecule has 1 amide bonds. The van der Waals surface area contributed by atoms with Crippen molar-refractivity contribution >= 4 is 5.91 Å². The second-order valence-corrected chi connectivity index (χ2v) is 3.83. The lowest BCUT2D eigenvalue weighted by Gasteiger charge is -2.32. The molecule has 1 rings (SSSR count). The van der Waals surface area contributed by atoms with Gasteiger partial charge in [0, 0.05) is 14.0 Å². The van der Waals surface area contributed by atoms with Crippen LogP contribution in [0.25, 0.3) is 0 Å². The highest BCUT2D eigenvalue weighted by molar-refractivity contribution is 5.72. The predicted molar refractivity (Wildman–Crippen MR) is 64.1 cm³/mol. The first kappa shape index (κ1) is 12.7. The first-order chi connectivity index (χ1) is 7.64. The lowest BCUT2D eigenvalue weighted by atomic mass is 9.90. The van der Waals surface area contributed by atoms with Crippen LogP contribution in [0.5, 0.6) is 0 Å². The van der Waals surface area contributed by atoms with Crippen molar-refractivity contribution in [3.8, 4) is 0 Å². The molecular formula is C13H19NO2. The van der Waals surface area contributed by atoms with Gasteiger partial charge in [0.25, 0.3) is 0 Å². The van der Waals surface area contributed by atoms with E-state index in [2.05, 4.69) is 12.2 Å². The maximum Gasteiger partial charge on any atom is 0.216 e. The molecule has 0 aromatic heterocycles. The zero-order valence-corrected chi connectivity index (χ0v) is 10.1. The summed E-state index contributed by atoms with van der Waals surface area (Å²) < 4.78 is 5.61. The molecule has 0 fully saturated rings. The molecule has 0 aliphatic heterocycles. The Balaban J connectivity index is 2.92. The van der Waals surface area contributed by atoms with E-state index < -0.39 is 5.60 Å². The van der Waals surface area contributed by atoms with E-state index in [-0.39, 0.29) is 5.91 Å².